The molecule has 0 unspecified atom stereocenters. The largest absolute Gasteiger partial charge is 0.394 e. The van der Waals surface area contributed by atoms with Gasteiger partial charge in [-0.15, -0.1) is 0 Å². The summed E-state index contributed by atoms with van der Waals surface area (Å²) < 4.78 is 49.3. The van der Waals surface area contributed by atoms with Crippen molar-refractivity contribution in [2.24, 2.45) is 46.3 Å². The zero-order valence-electron chi connectivity index (χ0n) is 43.2. The van der Waals surface area contributed by atoms with E-state index < -0.39 is 160 Å². The minimum Gasteiger partial charge on any atom is -0.394 e. The molecule has 0 aromatic rings. The molecule has 13 N–H and O–H groups in total. The lowest BCUT2D eigenvalue weighted by atomic mass is 9.45. The first-order chi connectivity index (χ1) is 34.4. The van der Waals surface area contributed by atoms with Crippen LogP contribution in [0.1, 0.15) is 99.8 Å². The summed E-state index contributed by atoms with van der Waals surface area (Å²) >= 11 is 0. The highest BCUT2D eigenvalue weighted by molar-refractivity contribution is 5.32. The van der Waals surface area contributed by atoms with E-state index in [-0.39, 0.29) is 35.0 Å². The van der Waals surface area contributed by atoms with Crippen LogP contribution in [0.15, 0.2) is 23.8 Å². The zero-order chi connectivity index (χ0) is 53.3. The van der Waals surface area contributed by atoms with Gasteiger partial charge in [0.1, 0.15) is 85.5 Å². The Bertz CT molecular complexity index is 1890. The predicted octanol–water partition coefficient (Wildman–Crippen LogP) is -1.15. The van der Waals surface area contributed by atoms with Gasteiger partial charge in [-0.3, -0.25) is 0 Å². The van der Waals surface area contributed by atoms with Crippen molar-refractivity contribution < 1.29 is 104 Å². The molecule has 8 aliphatic rings. The standard InChI is InChI=1S/C52H86O21/c1-20(2)9-12-30(55)22(4)34-31(69-49-43(64)40(61)37(58)32(18-53)70-49)17-29-27-11-10-25-16-26(13-14-51(25,7)28(27)15-21(3)52(29,34)8)68-50-46(73-48-42(63)39(60)36(57)24(6)67-48)44(65)45(33(19-54)71-50)72-47-41(62)38(59)35(56)23(5)66-47/h10,20,22-24,26-50,53-65H,3,9,11-19H2,1-2,4-8H3/t22-,23+,24+,26+,27-,28+,29+,30+,31+,32-,33-,34+,35+,36+,37-,38-,39-,40+,41-,42-,43-,44+,45-,46-,47+,48+,49-,50-,51+,52+/m1/s1. The maximum absolute atomic E-state index is 12.1. The van der Waals surface area contributed by atoms with Crippen molar-refractivity contribution in [2.45, 2.75) is 241 Å². The van der Waals surface area contributed by atoms with Gasteiger partial charge < -0.3 is 104 Å². The average Bonchev–Trinajstić information content (AvgIpc) is 3.66. The molecule has 21 heteroatoms. The second-order valence-corrected chi connectivity index (χ2v) is 23.7. The van der Waals surface area contributed by atoms with Crippen LogP contribution >= 0.6 is 0 Å². The summed E-state index contributed by atoms with van der Waals surface area (Å²) in [7, 11) is 0. The number of allylic oxidation sites excluding steroid dienone is 2. The van der Waals surface area contributed by atoms with Gasteiger partial charge in [0.2, 0.25) is 0 Å². The van der Waals surface area contributed by atoms with Gasteiger partial charge in [-0.1, -0.05) is 58.4 Å². The van der Waals surface area contributed by atoms with Gasteiger partial charge in [0.25, 0.3) is 0 Å². The molecule has 0 bridgehead atoms. The van der Waals surface area contributed by atoms with E-state index in [1.54, 1.807) is 0 Å². The predicted molar refractivity (Wildman–Crippen MR) is 254 cm³/mol. The van der Waals surface area contributed by atoms with Crippen LogP contribution in [0.5, 0.6) is 0 Å². The SMILES string of the molecule is C=C1C[C@H]2[C@@H](CC=C3C[C@@H](O[C@@H]4O[C@H](CO)[C@@H](O[C@@H]5O[C@@H](C)[C@H](O)[C@@H](O)[C@H]5O)[C@H](O)[C@H]4O[C@@H]4O[C@@H](C)[C@H](O)[C@@H](O)[C@H]4O)CC[C@@]32C)[C@@H]2C[C@H](O[C@@H]3O[C@H](CO)[C@@H](O)[C@H](O)[C@H]3O)[C@H]([C@H](C)[C@@H](O)CCC(C)C)[C@@]12C. The van der Waals surface area contributed by atoms with E-state index in [2.05, 4.69) is 33.8 Å². The van der Waals surface area contributed by atoms with Gasteiger partial charge in [0.15, 0.2) is 25.2 Å². The van der Waals surface area contributed by atoms with Crippen LogP contribution in [0.2, 0.25) is 0 Å². The number of fused-ring (bicyclic) bond motifs is 5. The van der Waals surface area contributed by atoms with Gasteiger partial charge in [-0.05, 0) is 112 Å². The molecule has 3 saturated carbocycles. The van der Waals surface area contributed by atoms with Crippen molar-refractivity contribution in [1.29, 1.82) is 0 Å². The molecule has 8 rings (SSSR count). The molecule has 0 radical (unpaired) electrons. The van der Waals surface area contributed by atoms with E-state index in [1.165, 1.54) is 13.8 Å². The minimum absolute atomic E-state index is 0.0268. The Morgan fingerprint density at radius 3 is 1.75 bits per heavy atom. The van der Waals surface area contributed by atoms with Crippen LogP contribution in [0, 0.1) is 46.3 Å². The monoisotopic (exact) mass is 1050 g/mol. The topological polar surface area (TPSA) is 337 Å². The molecule has 4 aliphatic heterocycles. The van der Waals surface area contributed by atoms with Gasteiger partial charge >= 0.3 is 0 Å². The molecule has 7 fully saturated rings. The molecule has 420 valence electrons. The van der Waals surface area contributed by atoms with Crippen LogP contribution in [-0.4, -0.2) is 221 Å². The first kappa shape index (κ1) is 57.8. The van der Waals surface area contributed by atoms with Crippen LogP contribution < -0.4 is 0 Å². The van der Waals surface area contributed by atoms with Crippen molar-refractivity contribution >= 4 is 0 Å². The lowest BCUT2D eigenvalue weighted by molar-refractivity contribution is -0.388. The Labute approximate surface area is 427 Å². The van der Waals surface area contributed by atoms with Crippen LogP contribution in [0.4, 0.5) is 0 Å². The number of ether oxygens (including phenoxy) is 8. The fourth-order valence-electron chi connectivity index (χ4n) is 14.3. The number of rotatable bonds is 15. The fraction of sp³-hybridized carbons (Fsp3) is 0.923. The van der Waals surface area contributed by atoms with E-state index in [0.29, 0.717) is 50.9 Å². The lowest BCUT2D eigenvalue weighted by Crippen LogP contribution is -2.66. The van der Waals surface area contributed by atoms with E-state index in [9.17, 15) is 66.4 Å². The Morgan fingerprint density at radius 1 is 0.630 bits per heavy atom. The van der Waals surface area contributed by atoms with Crippen LogP contribution in [0.25, 0.3) is 0 Å². The number of aliphatic hydroxyl groups excluding tert-OH is 13. The number of hydrogen-bond acceptors (Lipinski definition) is 21. The summed E-state index contributed by atoms with van der Waals surface area (Å²) in [6.07, 6.45) is -24.2. The van der Waals surface area contributed by atoms with E-state index in [4.69, 9.17) is 44.5 Å². The third kappa shape index (κ3) is 10.7. The third-order valence-electron chi connectivity index (χ3n) is 18.9. The van der Waals surface area contributed by atoms with E-state index >= 15 is 0 Å². The van der Waals surface area contributed by atoms with E-state index in [1.807, 2.05) is 6.92 Å². The normalized spacial score (nSPS) is 52.2. The molecule has 21 nitrogen and oxygen atoms in total. The summed E-state index contributed by atoms with van der Waals surface area (Å²) in [6.45, 7) is 17.2. The number of hydrogen-bond donors (Lipinski definition) is 13. The zero-order valence-corrected chi connectivity index (χ0v) is 43.2. The van der Waals surface area contributed by atoms with Crippen molar-refractivity contribution in [2.75, 3.05) is 13.2 Å². The molecule has 4 aliphatic carbocycles. The summed E-state index contributed by atoms with van der Waals surface area (Å²) in [5, 5.41) is 141. The van der Waals surface area contributed by atoms with Crippen molar-refractivity contribution in [1.82, 2.24) is 0 Å². The van der Waals surface area contributed by atoms with Gasteiger partial charge in [0.05, 0.1) is 43.7 Å². The third-order valence-corrected chi connectivity index (χ3v) is 18.9. The Balaban J connectivity index is 1.03. The van der Waals surface area contributed by atoms with Crippen LogP contribution in [-0.2, 0) is 37.9 Å². The van der Waals surface area contributed by atoms with Crippen molar-refractivity contribution in [3.8, 4) is 0 Å². The first-order valence-electron chi connectivity index (χ1n) is 26.7. The lowest BCUT2D eigenvalue weighted by Gasteiger charge is -2.59. The highest BCUT2D eigenvalue weighted by atomic mass is 16.8. The maximum Gasteiger partial charge on any atom is 0.187 e. The smallest absolute Gasteiger partial charge is 0.187 e. The van der Waals surface area contributed by atoms with Crippen molar-refractivity contribution in [3.05, 3.63) is 23.8 Å². The molecular weight excluding hydrogens is 961 g/mol. The van der Waals surface area contributed by atoms with Gasteiger partial charge in [-0.2, -0.15) is 0 Å². The average molecular weight is 1050 g/mol. The fourth-order valence-corrected chi connectivity index (χ4v) is 14.3. The number of aliphatic hydroxyl groups is 13. The second-order valence-electron chi connectivity index (χ2n) is 23.7. The molecule has 4 saturated heterocycles. The Hall–Kier alpha value is -1.36. The first-order valence-corrected chi connectivity index (χ1v) is 26.7. The highest BCUT2D eigenvalue weighted by Gasteiger charge is 2.65. The highest BCUT2D eigenvalue weighted by Crippen LogP contribution is 2.69. The Kier molecular flexibility index (Phi) is 18.0. The molecule has 73 heavy (non-hydrogen) atoms. The molecular formula is C52H86O21. The molecule has 0 aromatic carbocycles. The van der Waals surface area contributed by atoms with E-state index in [0.717, 1.165) is 17.6 Å². The van der Waals surface area contributed by atoms with Crippen LogP contribution in [0.3, 0.4) is 0 Å². The minimum atomic E-state index is -1.78. The van der Waals surface area contributed by atoms with Gasteiger partial charge in [-0.25, -0.2) is 0 Å². The summed E-state index contributed by atoms with van der Waals surface area (Å²) in [5.74, 6) is 0.167. The Morgan fingerprint density at radius 2 is 1.18 bits per heavy atom. The van der Waals surface area contributed by atoms with Gasteiger partial charge in [0, 0.05) is 0 Å². The molecule has 4 heterocycles. The molecule has 0 amide bonds. The molecule has 30 atom stereocenters. The summed E-state index contributed by atoms with van der Waals surface area (Å²) in [6, 6.07) is 0. The molecule has 0 spiro atoms. The quantitative estimate of drug-likeness (QED) is 0.0861. The summed E-state index contributed by atoms with van der Waals surface area (Å²) in [5.41, 5.74) is 1.36. The molecule has 0 aromatic heterocycles. The summed E-state index contributed by atoms with van der Waals surface area (Å²) in [4.78, 5) is 0. The maximum atomic E-state index is 12.1. The van der Waals surface area contributed by atoms with Crippen molar-refractivity contribution in [3.63, 3.8) is 0 Å². The second kappa shape index (κ2) is 22.8.